The number of benzene rings is 9. The van der Waals surface area contributed by atoms with Crippen LogP contribution in [0.2, 0.25) is 0 Å². The second-order valence-corrected chi connectivity index (χ2v) is 15.6. The summed E-state index contributed by atoms with van der Waals surface area (Å²) < 4.78 is 12.5. The highest BCUT2D eigenvalue weighted by molar-refractivity contribution is 6.20. The van der Waals surface area contributed by atoms with Crippen LogP contribution in [0.3, 0.4) is 0 Å². The standard InChI is InChI=1S/C53H34O2/c1-53(2)46-21-6-3-12-35(46)40-19-11-20-41(52(40)53)51-38-17-9-15-33(31-24-26-49-44(28-31)36-13-4-7-22-47(36)54-49)42(38)30-43-34(16-10-18-39(43)51)32-25-27-50-45(29-32)37-14-5-8-23-48(37)55-50/h3-30H,1-2H3. The van der Waals surface area contributed by atoms with Gasteiger partial charge in [0.25, 0.3) is 0 Å². The SMILES string of the molecule is CC1(C)c2ccccc2-c2cccc(-c3c4cccc(-c5ccc6oc7ccccc7c6c5)c4cc4c(-c5ccc6oc7ccccc7c6c5)cccc34)c21. The molecule has 2 heteroatoms. The molecule has 1 aliphatic rings. The van der Waals surface area contributed by atoms with Gasteiger partial charge >= 0.3 is 0 Å². The zero-order valence-corrected chi connectivity index (χ0v) is 30.5. The van der Waals surface area contributed by atoms with Crippen molar-refractivity contribution in [2.24, 2.45) is 0 Å². The Morgan fingerprint density at radius 3 is 1.40 bits per heavy atom. The van der Waals surface area contributed by atoms with Gasteiger partial charge in [0.1, 0.15) is 22.3 Å². The van der Waals surface area contributed by atoms with Gasteiger partial charge in [0.05, 0.1) is 0 Å². The van der Waals surface area contributed by atoms with Gasteiger partial charge in [-0.1, -0.05) is 141 Å². The molecule has 0 saturated heterocycles. The molecule has 0 N–H and O–H groups in total. The molecule has 1 aliphatic carbocycles. The van der Waals surface area contributed by atoms with E-state index in [4.69, 9.17) is 8.83 Å². The van der Waals surface area contributed by atoms with Gasteiger partial charge in [0.2, 0.25) is 0 Å². The van der Waals surface area contributed by atoms with E-state index in [0.717, 1.165) is 43.9 Å². The Hall–Kier alpha value is -6.90. The zero-order valence-electron chi connectivity index (χ0n) is 30.5. The second kappa shape index (κ2) is 11.1. The molecule has 12 rings (SSSR count). The minimum Gasteiger partial charge on any atom is -0.456 e. The van der Waals surface area contributed by atoms with Crippen LogP contribution in [0.4, 0.5) is 0 Å². The van der Waals surface area contributed by atoms with Crippen molar-refractivity contribution in [1.82, 2.24) is 0 Å². The summed E-state index contributed by atoms with van der Waals surface area (Å²) in [6.45, 7) is 4.78. The van der Waals surface area contributed by atoms with E-state index in [0.29, 0.717) is 0 Å². The lowest BCUT2D eigenvalue weighted by Gasteiger charge is -2.26. The van der Waals surface area contributed by atoms with Crippen LogP contribution in [0, 0.1) is 0 Å². The van der Waals surface area contributed by atoms with Crippen LogP contribution in [-0.2, 0) is 5.41 Å². The highest BCUT2D eigenvalue weighted by Crippen LogP contribution is 2.54. The summed E-state index contributed by atoms with van der Waals surface area (Å²) in [7, 11) is 0. The van der Waals surface area contributed by atoms with Gasteiger partial charge in [-0.3, -0.25) is 0 Å². The van der Waals surface area contributed by atoms with Crippen LogP contribution in [-0.4, -0.2) is 0 Å². The topological polar surface area (TPSA) is 26.3 Å². The summed E-state index contributed by atoms with van der Waals surface area (Å²) in [5.41, 5.74) is 16.2. The van der Waals surface area contributed by atoms with Crippen molar-refractivity contribution in [2.75, 3.05) is 0 Å². The minimum atomic E-state index is -0.174. The Kier molecular flexibility index (Phi) is 6.15. The molecule has 2 nitrogen and oxygen atoms in total. The van der Waals surface area contributed by atoms with Gasteiger partial charge in [0.15, 0.2) is 0 Å². The summed E-state index contributed by atoms with van der Waals surface area (Å²) in [6, 6.07) is 61.9. The van der Waals surface area contributed by atoms with Crippen LogP contribution < -0.4 is 0 Å². The molecule has 0 amide bonds. The molecule has 258 valence electrons. The van der Waals surface area contributed by atoms with E-state index in [1.54, 1.807) is 0 Å². The monoisotopic (exact) mass is 702 g/mol. The average Bonchev–Trinajstić information content (AvgIpc) is 3.86. The maximum Gasteiger partial charge on any atom is 0.135 e. The Bertz CT molecular complexity index is 3240. The van der Waals surface area contributed by atoms with Crippen LogP contribution in [0.15, 0.2) is 179 Å². The lowest BCUT2D eigenvalue weighted by Crippen LogP contribution is -2.16. The van der Waals surface area contributed by atoms with Crippen molar-refractivity contribution < 1.29 is 8.83 Å². The third-order valence-electron chi connectivity index (χ3n) is 12.3. The molecule has 2 aromatic heterocycles. The molecule has 9 aromatic carbocycles. The first-order valence-electron chi connectivity index (χ1n) is 19.1. The van der Waals surface area contributed by atoms with Crippen molar-refractivity contribution in [2.45, 2.75) is 19.3 Å². The van der Waals surface area contributed by atoms with Crippen LogP contribution in [0.1, 0.15) is 25.0 Å². The average molecular weight is 703 g/mol. The predicted octanol–water partition coefficient (Wildman–Crippen LogP) is 15.1. The Labute approximate surface area is 317 Å². The quantitative estimate of drug-likeness (QED) is 0.171. The van der Waals surface area contributed by atoms with Crippen molar-refractivity contribution in [3.05, 3.63) is 181 Å². The fraction of sp³-hybridized carbons (Fsp3) is 0.0566. The Balaban J connectivity index is 1.19. The molecule has 0 bridgehead atoms. The van der Waals surface area contributed by atoms with Gasteiger partial charge in [-0.25, -0.2) is 0 Å². The summed E-state index contributed by atoms with van der Waals surface area (Å²) in [5.74, 6) is 0. The van der Waals surface area contributed by atoms with Gasteiger partial charge in [-0.2, -0.15) is 0 Å². The Morgan fingerprint density at radius 1 is 0.327 bits per heavy atom. The predicted molar refractivity (Wildman–Crippen MR) is 230 cm³/mol. The summed E-state index contributed by atoms with van der Waals surface area (Å²) in [6.07, 6.45) is 0. The van der Waals surface area contributed by atoms with Crippen LogP contribution >= 0.6 is 0 Å². The van der Waals surface area contributed by atoms with E-state index in [1.165, 1.54) is 77.2 Å². The summed E-state index contributed by atoms with van der Waals surface area (Å²) in [4.78, 5) is 0. The molecule has 0 aliphatic heterocycles. The van der Waals surface area contributed by atoms with E-state index < -0.39 is 0 Å². The maximum absolute atomic E-state index is 6.26. The second-order valence-electron chi connectivity index (χ2n) is 15.6. The first-order valence-corrected chi connectivity index (χ1v) is 19.1. The van der Waals surface area contributed by atoms with Crippen molar-refractivity contribution >= 4 is 65.4 Å². The summed E-state index contributed by atoms with van der Waals surface area (Å²) in [5, 5.41) is 9.48. The first kappa shape index (κ1) is 30.6. The van der Waals surface area contributed by atoms with Crippen molar-refractivity contribution in [3.63, 3.8) is 0 Å². The molecular weight excluding hydrogens is 669 g/mol. The highest BCUT2D eigenvalue weighted by Gasteiger charge is 2.38. The minimum absolute atomic E-state index is 0.174. The maximum atomic E-state index is 6.26. The van der Waals surface area contributed by atoms with E-state index in [1.807, 2.05) is 12.1 Å². The molecule has 0 fully saturated rings. The van der Waals surface area contributed by atoms with Crippen LogP contribution in [0.25, 0.3) is 110 Å². The number of fused-ring (bicyclic) bond motifs is 11. The smallest absolute Gasteiger partial charge is 0.135 e. The number of furan rings is 2. The molecule has 55 heavy (non-hydrogen) atoms. The number of rotatable bonds is 3. The molecule has 2 heterocycles. The molecule has 11 aromatic rings. The molecule has 0 radical (unpaired) electrons. The lowest BCUT2D eigenvalue weighted by atomic mass is 9.77. The third kappa shape index (κ3) is 4.25. The molecule has 0 saturated carbocycles. The number of para-hydroxylation sites is 2. The largest absolute Gasteiger partial charge is 0.456 e. The van der Waals surface area contributed by atoms with E-state index in [2.05, 4.69) is 172 Å². The van der Waals surface area contributed by atoms with E-state index >= 15 is 0 Å². The van der Waals surface area contributed by atoms with Crippen LogP contribution in [0.5, 0.6) is 0 Å². The van der Waals surface area contributed by atoms with E-state index in [9.17, 15) is 0 Å². The highest BCUT2D eigenvalue weighted by atomic mass is 16.3. The van der Waals surface area contributed by atoms with Gasteiger partial charge in [-0.05, 0) is 120 Å². The molecule has 0 spiro atoms. The summed E-state index contributed by atoms with van der Waals surface area (Å²) >= 11 is 0. The lowest BCUT2D eigenvalue weighted by molar-refractivity contribution is 0.662. The number of hydrogen-bond acceptors (Lipinski definition) is 2. The molecule has 0 unspecified atom stereocenters. The Morgan fingerprint density at radius 2 is 0.782 bits per heavy atom. The zero-order chi connectivity index (χ0) is 36.4. The van der Waals surface area contributed by atoms with Gasteiger partial charge < -0.3 is 8.83 Å². The fourth-order valence-corrected chi connectivity index (χ4v) is 9.80. The van der Waals surface area contributed by atoms with E-state index in [-0.39, 0.29) is 5.41 Å². The first-order chi connectivity index (χ1) is 27.0. The van der Waals surface area contributed by atoms with Crippen molar-refractivity contribution in [1.29, 1.82) is 0 Å². The number of hydrogen-bond donors (Lipinski definition) is 0. The third-order valence-corrected chi connectivity index (χ3v) is 12.3. The molecule has 0 atom stereocenters. The fourth-order valence-electron chi connectivity index (χ4n) is 9.80. The van der Waals surface area contributed by atoms with Gasteiger partial charge in [0, 0.05) is 27.0 Å². The van der Waals surface area contributed by atoms with Gasteiger partial charge in [-0.15, -0.1) is 0 Å². The molecular formula is C53H34O2. The van der Waals surface area contributed by atoms with Crippen molar-refractivity contribution in [3.8, 4) is 44.5 Å². The normalized spacial score (nSPS) is 13.4.